The van der Waals surface area contributed by atoms with Crippen LogP contribution in [0.2, 0.25) is 0 Å². The van der Waals surface area contributed by atoms with Crippen molar-refractivity contribution in [1.82, 2.24) is 0 Å². The van der Waals surface area contributed by atoms with E-state index in [0.29, 0.717) is 5.92 Å². The molecule has 0 spiro atoms. The van der Waals surface area contributed by atoms with Crippen LogP contribution < -0.4 is 5.30 Å². The number of hydrogen-bond donors (Lipinski definition) is 0. The Morgan fingerprint density at radius 1 is 0.762 bits per heavy atom. The number of rotatable bonds is 1. The molecule has 0 N–H and O–H groups in total. The summed E-state index contributed by atoms with van der Waals surface area (Å²) in [5.74, 6) is 0.468. The van der Waals surface area contributed by atoms with Crippen molar-refractivity contribution in [3.63, 3.8) is 0 Å². The standard InChI is InChI=1S/C20H17P/c21-20-17-12-6-4-10-15(17)19(14-8-2-1-3-9-14)16-11-5-7-13-18(16)20/h1-8,10-14H,9,21H2. The molecule has 0 aliphatic heterocycles. The molecule has 2 atom stereocenters. The second-order valence-electron chi connectivity index (χ2n) is 5.57. The highest BCUT2D eigenvalue weighted by atomic mass is 31.0. The molecule has 0 amide bonds. The van der Waals surface area contributed by atoms with Crippen molar-refractivity contribution in [3.05, 3.63) is 78.4 Å². The molecular weight excluding hydrogens is 271 g/mol. The number of hydrogen-bond acceptors (Lipinski definition) is 0. The molecule has 4 rings (SSSR count). The average molecular weight is 288 g/mol. The first-order valence-corrected chi connectivity index (χ1v) is 7.96. The smallest absolute Gasteiger partial charge is 0.00680 e. The molecule has 2 unspecified atom stereocenters. The summed E-state index contributed by atoms with van der Waals surface area (Å²) in [4.78, 5) is 0. The van der Waals surface area contributed by atoms with Gasteiger partial charge in [0.15, 0.2) is 0 Å². The van der Waals surface area contributed by atoms with E-state index in [9.17, 15) is 0 Å². The first-order chi connectivity index (χ1) is 10.4. The fourth-order valence-electron chi connectivity index (χ4n) is 3.39. The van der Waals surface area contributed by atoms with Crippen LogP contribution in [0, 0.1) is 0 Å². The molecule has 0 aromatic heterocycles. The average Bonchev–Trinajstić information content (AvgIpc) is 2.56. The molecule has 0 nitrogen and oxygen atoms in total. The van der Waals surface area contributed by atoms with Gasteiger partial charge in [-0.15, -0.1) is 9.24 Å². The number of fused-ring (bicyclic) bond motifs is 2. The highest BCUT2D eigenvalue weighted by Crippen LogP contribution is 2.36. The third kappa shape index (κ3) is 2.03. The van der Waals surface area contributed by atoms with Gasteiger partial charge in [0.05, 0.1) is 0 Å². The van der Waals surface area contributed by atoms with Gasteiger partial charge in [-0.25, -0.2) is 0 Å². The minimum Gasteiger partial charge on any atom is -0.104 e. The minimum absolute atomic E-state index is 0.468. The summed E-state index contributed by atoms with van der Waals surface area (Å²) in [6.45, 7) is 0. The van der Waals surface area contributed by atoms with Crippen LogP contribution in [0.4, 0.5) is 0 Å². The molecule has 1 heteroatoms. The lowest BCUT2D eigenvalue weighted by molar-refractivity contribution is 0.870. The Morgan fingerprint density at radius 3 is 1.86 bits per heavy atom. The Hall–Kier alpha value is -1.91. The number of allylic oxidation sites excluding steroid dienone is 4. The summed E-state index contributed by atoms with van der Waals surface area (Å²) in [6.07, 6.45) is 10.00. The highest BCUT2D eigenvalue weighted by molar-refractivity contribution is 7.29. The van der Waals surface area contributed by atoms with E-state index in [-0.39, 0.29) is 0 Å². The van der Waals surface area contributed by atoms with Gasteiger partial charge in [0, 0.05) is 5.92 Å². The van der Waals surface area contributed by atoms with E-state index in [2.05, 4.69) is 82.1 Å². The molecule has 0 bridgehead atoms. The van der Waals surface area contributed by atoms with Crippen LogP contribution in [-0.4, -0.2) is 0 Å². The quantitative estimate of drug-likeness (QED) is 0.432. The Kier molecular flexibility index (Phi) is 3.13. The van der Waals surface area contributed by atoms with E-state index in [1.54, 1.807) is 0 Å². The fourth-order valence-corrected chi connectivity index (χ4v) is 3.89. The highest BCUT2D eigenvalue weighted by Gasteiger charge is 2.17. The first-order valence-electron chi connectivity index (χ1n) is 7.38. The van der Waals surface area contributed by atoms with Gasteiger partial charge < -0.3 is 0 Å². The largest absolute Gasteiger partial charge is 0.104 e. The van der Waals surface area contributed by atoms with Crippen LogP contribution in [0.3, 0.4) is 0 Å². The maximum absolute atomic E-state index is 2.94. The second-order valence-corrected chi connectivity index (χ2v) is 6.15. The lowest BCUT2D eigenvalue weighted by Crippen LogP contribution is -2.05. The van der Waals surface area contributed by atoms with Crippen LogP contribution in [0.5, 0.6) is 0 Å². The molecule has 3 aromatic rings. The Bertz CT molecular complexity index is 830. The summed E-state index contributed by atoms with van der Waals surface area (Å²) < 4.78 is 0. The van der Waals surface area contributed by atoms with Gasteiger partial charge in [0.25, 0.3) is 0 Å². The zero-order chi connectivity index (χ0) is 14.2. The maximum atomic E-state index is 2.94. The van der Waals surface area contributed by atoms with Gasteiger partial charge in [0.2, 0.25) is 0 Å². The zero-order valence-corrected chi connectivity index (χ0v) is 12.9. The molecule has 3 aromatic carbocycles. The number of benzene rings is 3. The van der Waals surface area contributed by atoms with Gasteiger partial charge >= 0.3 is 0 Å². The molecule has 0 heterocycles. The van der Waals surface area contributed by atoms with Crippen LogP contribution in [0.15, 0.2) is 72.8 Å². The molecule has 0 radical (unpaired) electrons. The van der Waals surface area contributed by atoms with E-state index in [0.717, 1.165) is 6.42 Å². The topological polar surface area (TPSA) is 0 Å². The van der Waals surface area contributed by atoms with Crippen LogP contribution in [0.25, 0.3) is 21.5 Å². The van der Waals surface area contributed by atoms with Crippen LogP contribution >= 0.6 is 9.24 Å². The monoisotopic (exact) mass is 288 g/mol. The second kappa shape index (κ2) is 5.13. The molecule has 0 saturated carbocycles. The van der Waals surface area contributed by atoms with Crippen molar-refractivity contribution in [2.75, 3.05) is 0 Å². The Balaban J connectivity index is 2.16. The lowest BCUT2D eigenvalue weighted by atomic mass is 9.85. The third-order valence-electron chi connectivity index (χ3n) is 4.37. The van der Waals surface area contributed by atoms with Crippen molar-refractivity contribution < 1.29 is 0 Å². The zero-order valence-electron chi connectivity index (χ0n) is 11.8. The normalized spacial score (nSPS) is 17.7. The van der Waals surface area contributed by atoms with Gasteiger partial charge in [-0.3, -0.25) is 0 Å². The lowest BCUT2D eigenvalue weighted by Gasteiger charge is -2.20. The molecule has 102 valence electrons. The van der Waals surface area contributed by atoms with E-state index >= 15 is 0 Å². The molecule has 1 aliphatic rings. The molecule has 0 fully saturated rings. The van der Waals surface area contributed by atoms with E-state index in [1.165, 1.54) is 32.4 Å². The van der Waals surface area contributed by atoms with E-state index in [1.807, 2.05) is 0 Å². The van der Waals surface area contributed by atoms with E-state index < -0.39 is 0 Å². The van der Waals surface area contributed by atoms with Crippen molar-refractivity contribution in [2.24, 2.45) is 0 Å². The molecule has 21 heavy (non-hydrogen) atoms. The predicted octanol–water partition coefficient (Wildman–Crippen LogP) is 5.09. The maximum Gasteiger partial charge on any atom is 0.00680 e. The SMILES string of the molecule is Pc1c2ccccc2c(C2C=CC=CC2)c2ccccc12. The van der Waals surface area contributed by atoms with Gasteiger partial charge in [-0.05, 0) is 38.8 Å². The van der Waals surface area contributed by atoms with Crippen LogP contribution in [-0.2, 0) is 0 Å². The van der Waals surface area contributed by atoms with Gasteiger partial charge in [-0.1, -0.05) is 72.8 Å². The van der Waals surface area contributed by atoms with Crippen molar-refractivity contribution >= 4 is 36.1 Å². The molecule has 1 aliphatic carbocycles. The van der Waals surface area contributed by atoms with E-state index in [4.69, 9.17) is 0 Å². The summed E-state index contributed by atoms with van der Waals surface area (Å²) >= 11 is 0. The van der Waals surface area contributed by atoms with Crippen LogP contribution in [0.1, 0.15) is 17.9 Å². The van der Waals surface area contributed by atoms with Crippen molar-refractivity contribution in [1.29, 1.82) is 0 Å². The summed E-state index contributed by atoms with van der Waals surface area (Å²) in [7, 11) is 2.94. The Morgan fingerprint density at radius 2 is 1.33 bits per heavy atom. The predicted molar refractivity (Wildman–Crippen MR) is 96.4 cm³/mol. The summed E-state index contributed by atoms with van der Waals surface area (Å²) in [6, 6.07) is 17.5. The van der Waals surface area contributed by atoms with Crippen molar-refractivity contribution in [2.45, 2.75) is 12.3 Å². The summed E-state index contributed by atoms with van der Waals surface area (Å²) in [5, 5.41) is 6.76. The minimum atomic E-state index is 0.468. The molecule has 0 saturated heterocycles. The molecular formula is C20H17P. The first kappa shape index (κ1) is 12.8. The van der Waals surface area contributed by atoms with Gasteiger partial charge in [-0.2, -0.15) is 0 Å². The van der Waals surface area contributed by atoms with Crippen molar-refractivity contribution in [3.8, 4) is 0 Å². The Labute approximate surface area is 127 Å². The van der Waals surface area contributed by atoms with Gasteiger partial charge in [0.1, 0.15) is 0 Å². The fraction of sp³-hybridized carbons (Fsp3) is 0.100. The summed E-state index contributed by atoms with van der Waals surface area (Å²) in [5.41, 5.74) is 1.47. The third-order valence-corrected chi connectivity index (χ3v) is 4.99.